The molecule has 2 aromatic carbocycles. The van der Waals surface area contributed by atoms with Crippen LogP contribution in [0, 0.1) is 6.92 Å². The van der Waals surface area contributed by atoms with Crippen molar-refractivity contribution in [1.82, 2.24) is 10.2 Å². The van der Waals surface area contributed by atoms with Gasteiger partial charge in [-0.25, -0.2) is 0 Å². The van der Waals surface area contributed by atoms with Crippen LogP contribution in [-0.4, -0.2) is 22.7 Å². The summed E-state index contributed by atoms with van der Waals surface area (Å²) in [4.78, 5) is 12.1. The molecule has 1 aromatic heterocycles. The topological polar surface area (TPSA) is 64.1 Å². The van der Waals surface area contributed by atoms with Crippen LogP contribution in [0.2, 0.25) is 0 Å². The first kappa shape index (κ1) is 19.0. The Hall–Kier alpha value is -2.73. The number of rotatable bonds is 7. The Morgan fingerprint density at radius 2 is 1.93 bits per heavy atom. The molecule has 1 heterocycles. The van der Waals surface area contributed by atoms with Gasteiger partial charge in [0.1, 0.15) is 10.8 Å². The molecule has 6 heteroatoms. The summed E-state index contributed by atoms with van der Waals surface area (Å²) in [5.41, 5.74) is 3.61. The number of nitrogens with one attached hydrogen (secondary N) is 1. The number of anilines is 1. The maximum Gasteiger partial charge on any atom is 0.264 e. The largest absolute Gasteiger partial charge is 0.484 e. The van der Waals surface area contributed by atoms with E-state index in [0.29, 0.717) is 23.2 Å². The molecule has 0 atom stereocenters. The van der Waals surface area contributed by atoms with Crippen molar-refractivity contribution in [2.75, 3.05) is 11.9 Å². The van der Waals surface area contributed by atoms with Crippen molar-refractivity contribution >= 4 is 22.4 Å². The number of amides is 1. The second kappa shape index (κ2) is 8.77. The highest BCUT2D eigenvalue weighted by molar-refractivity contribution is 7.15. The van der Waals surface area contributed by atoms with Crippen molar-refractivity contribution in [2.24, 2.45) is 0 Å². The van der Waals surface area contributed by atoms with Gasteiger partial charge in [-0.3, -0.25) is 10.1 Å². The standard InChI is InChI=1S/C21H23N3O2S/c1-14(2)18-10-9-17(11-15(18)3)26-13-19(25)22-21-24-23-20(27-21)12-16-7-5-4-6-8-16/h4-11,14H,12-13H2,1-3H3,(H,22,24,25). The third-order valence-electron chi connectivity index (χ3n) is 4.14. The van der Waals surface area contributed by atoms with E-state index in [1.807, 2.05) is 48.5 Å². The number of carbonyl (C=O) groups is 1. The molecule has 5 nitrogen and oxygen atoms in total. The fraction of sp³-hybridized carbons (Fsp3) is 0.286. The van der Waals surface area contributed by atoms with E-state index in [9.17, 15) is 4.79 Å². The Morgan fingerprint density at radius 3 is 2.63 bits per heavy atom. The summed E-state index contributed by atoms with van der Waals surface area (Å²) >= 11 is 1.38. The van der Waals surface area contributed by atoms with E-state index in [2.05, 4.69) is 36.3 Å². The van der Waals surface area contributed by atoms with Crippen LogP contribution >= 0.6 is 11.3 Å². The van der Waals surface area contributed by atoms with Crippen molar-refractivity contribution in [1.29, 1.82) is 0 Å². The lowest BCUT2D eigenvalue weighted by atomic mass is 9.98. The molecule has 0 radical (unpaired) electrons. The van der Waals surface area contributed by atoms with Crippen LogP contribution in [0.1, 0.15) is 41.5 Å². The Bertz CT molecular complexity index is 907. The van der Waals surface area contributed by atoms with Gasteiger partial charge in [-0.2, -0.15) is 0 Å². The summed E-state index contributed by atoms with van der Waals surface area (Å²) in [5.74, 6) is 0.905. The summed E-state index contributed by atoms with van der Waals surface area (Å²) in [6, 6.07) is 16.0. The molecule has 1 amide bonds. The zero-order chi connectivity index (χ0) is 19.2. The summed E-state index contributed by atoms with van der Waals surface area (Å²) in [5, 5.41) is 12.3. The van der Waals surface area contributed by atoms with E-state index in [1.165, 1.54) is 16.9 Å². The molecule has 0 spiro atoms. The van der Waals surface area contributed by atoms with Gasteiger partial charge in [0.2, 0.25) is 5.13 Å². The zero-order valence-electron chi connectivity index (χ0n) is 15.7. The van der Waals surface area contributed by atoms with Crippen molar-refractivity contribution in [3.63, 3.8) is 0 Å². The minimum Gasteiger partial charge on any atom is -0.484 e. The number of aryl methyl sites for hydroxylation is 1. The Labute approximate surface area is 163 Å². The van der Waals surface area contributed by atoms with E-state index >= 15 is 0 Å². The summed E-state index contributed by atoms with van der Waals surface area (Å²) in [6.45, 7) is 6.31. The van der Waals surface area contributed by atoms with Crippen LogP contribution in [0.15, 0.2) is 48.5 Å². The Morgan fingerprint density at radius 1 is 1.15 bits per heavy atom. The van der Waals surface area contributed by atoms with E-state index in [1.54, 1.807) is 0 Å². The average molecular weight is 382 g/mol. The van der Waals surface area contributed by atoms with Gasteiger partial charge < -0.3 is 4.74 Å². The lowest BCUT2D eigenvalue weighted by Gasteiger charge is -2.12. The molecule has 1 N–H and O–H groups in total. The molecule has 0 aliphatic heterocycles. The maximum atomic E-state index is 12.1. The quantitative estimate of drug-likeness (QED) is 0.651. The van der Waals surface area contributed by atoms with Gasteiger partial charge in [0.25, 0.3) is 5.91 Å². The minimum absolute atomic E-state index is 0.0614. The average Bonchev–Trinajstić information content (AvgIpc) is 3.07. The first-order valence-corrected chi connectivity index (χ1v) is 9.72. The molecule has 27 heavy (non-hydrogen) atoms. The van der Waals surface area contributed by atoms with Gasteiger partial charge >= 0.3 is 0 Å². The number of ether oxygens (including phenoxy) is 1. The van der Waals surface area contributed by atoms with E-state index in [4.69, 9.17) is 4.74 Å². The molecule has 0 aliphatic carbocycles. The van der Waals surface area contributed by atoms with E-state index in [0.717, 1.165) is 16.1 Å². The highest BCUT2D eigenvalue weighted by Gasteiger charge is 2.10. The second-order valence-corrected chi connectivity index (χ2v) is 7.74. The smallest absolute Gasteiger partial charge is 0.264 e. The normalized spacial score (nSPS) is 10.8. The Balaban J connectivity index is 1.52. The molecule has 3 aromatic rings. The first-order valence-electron chi connectivity index (χ1n) is 8.91. The molecular formula is C21H23N3O2S. The summed E-state index contributed by atoms with van der Waals surface area (Å²) < 4.78 is 5.60. The second-order valence-electron chi connectivity index (χ2n) is 6.67. The summed E-state index contributed by atoms with van der Waals surface area (Å²) in [7, 11) is 0. The highest BCUT2D eigenvalue weighted by Crippen LogP contribution is 2.23. The minimum atomic E-state index is -0.247. The van der Waals surface area contributed by atoms with Gasteiger partial charge in [0.15, 0.2) is 6.61 Å². The predicted octanol–water partition coefficient (Wildman–Crippen LogP) is 4.58. The monoisotopic (exact) mass is 381 g/mol. The Kier molecular flexibility index (Phi) is 6.19. The van der Waals surface area contributed by atoms with Gasteiger partial charge in [0.05, 0.1) is 0 Å². The fourth-order valence-corrected chi connectivity index (χ4v) is 3.63. The van der Waals surface area contributed by atoms with Crippen molar-refractivity contribution in [2.45, 2.75) is 33.1 Å². The van der Waals surface area contributed by atoms with E-state index in [-0.39, 0.29) is 12.5 Å². The maximum absolute atomic E-state index is 12.1. The van der Waals surface area contributed by atoms with Crippen molar-refractivity contribution in [3.05, 3.63) is 70.2 Å². The third kappa shape index (κ3) is 5.37. The molecule has 0 unspecified atom stereocenters. The van der Waals surface area contributed by atoms with Gasteiger partial charge in [-0.15, -0.1) is 10.2 Å². The molecule has 140 valence electrons. The fourth-order valence-electron chi connectivity index (χ4n) is 2.84. The third-order valence-corrected chi connectivity index (χ3v) is 4.98. The van der Waals surface area contributed by atoms with Crippen LogP contribution in [0.4, 0.5) is 5.13 Å². The SMILES string of the molecule is Cc1cc(OCC(=O)Nc2nnc(Cc3ccccc3)s2)ccc1C(C)C. The summed E-state index contributed by atoms with van der Waals surface area (Å²) in [6.07, 6.45) is 0.701. The van der Waals surface area contributed by atoms with Gasteiger partial charge in [-0.1, -0.05) is 61.6 Å². The van der Waals surface area contributed by atoms with Crippen LogP contribution in [0.3, 0.4) is 0 Å². The predicted molar refractivity (Wildman–Crippen MR) is 109 cm³/mol. The van der Waals surface area contributed by atoms with Crippen molar-refractivity contribution in [3.8, 4) is 5.75 Å². The first-order chi connectivity index (χ1) is 13.0. The number of carbonyl (C=O) groups excluding carboxylic acids is 1. The highest BCUT2D eigenvalue weighted by atomic mass is 32.1. The molecule has 0 aliphatic rings. The van der Waals surface area contributed by atoms with E-state index < -0.39 is 0 Å². The van der Waals surface area contributed by atoms with Crippen LogP contribution in [0.25, 0.3) is 0 Å². The number of benzene rings is 2. The molecule has 0 saturated heterocycles. The number of nitrogens with zero attached hydrogens (tertiary/aromatic N) is 2. The molecular weight excluding hydrogens is 358 g/mol. The van der Waals surface area contributed by atoms with Crippen LogP contribution in [0.5, 0.6) is 5.75 Å². The molecule has 3 rings (SSSR count). The lowest BCUT2D eigenvalue weighted by molar-refractivity contribution is -0.118. The lowest BCUT2D eigenvalue weighted by Crippen LogP contribution is -2.20. The number of aromatic nitrogens is 2. The number of hydrogen-bond acceptors (Lipinski definition) is 5. The van der Waals surface area contributed by atoms with Gasteiger partial charge in [-0.05, 0) is 41.7 Å². The van der Waals surface area contributed by atoms with Crippen LogP contribution in [-0.2, 0) is 11.2 Å². The number of hydrogen-bond donors (Lipinski definition) is 1. The van der Waals surface area contributed by atoms with Gasteiger partial charge in [0, 0.05) is 6.42 Å². The van der Waals surface area contributed by atoms with Crippen LogP contribution < -0.4 is 10.1 Å². The molecule has 0 fully saturated rings. The zero-order valence-corrected chi connectivity index (χ0v) is 16.5. The molecule has 0 saturated carbocycles. The molecule has 0 bridgehead atoms. The van der Waals surface area contributed by atoms with Crippen molar-refractivity contribution < 1.29 is 9.53 Å².